The average Bonchev–Trinajstić information content (AvgIpc) is 2.91. The molecule has 1 amide bonds. The monoisotopic (exact) mass is 286 g/mol. The topological polar surface area (TPSA) is 72.9 Å². The summed E-state index contributed by atoms with van der Waals surface area (Å²) in [5.41, 5.74) is 7.93. The number of nitrogens with two attached hydrogens (primary N) is 1. The highest BCUT2D eigenvalue weighted by molar-refractivity contribution is 5.94. The van der Waals surface area contributed by atoms with E-state index in [0.29, 0.717) is 12.1 Å². The fourth-order valence-corrected chi connectivity index (χ4v) is 2.24. The lowest BCUT2D eigenvalue weighted by atomic mass is 10.1. The average molecular weight is 286 g/mol. The van der Waals surface area contributed by atoms with Crippen molar-refractivity contribution in [3.05, 3.63) is 53.6 Å². The predicted molar refractivity (Wildman–Crippen MR) is 83.2 cm³/mol. The van der Waals surface area contributed by atoms with E-state index in [4.69, 9.17) is 5.73 Å². The van der Waals surface area contributed by atoms with Crippen molar-refractivity contribution in [2.75, 3.05) is 13.1 Å². The van der Waals surface area contributed by atoms with Gasteiger partial charge in [-0.1, -0.05) is 25.1 Å². The Bertz CT molecular complexity index is 591. The van der Waals surface area contributed by atoms with Gasteiger partial charge in [0.2, 0.25) is 5.91 Å². The van der Waals surface area contributed by atoms with Crippen LogP contribution in [0.3, 0.4) is 0 Å². The van der Waals surface area contributed by atoms with Crippen molar-refractivity contribution in [1.29, 1.82) is 0 Å². The van der Waals surface area contributed by atoms with Crippen LogP contribution < -0.4 is 11.1 Å². The lowest BCUT2D eigenvalue weighted by Crippen LogP contribution is -2.17. The molecule has 0 aliphatic carbocycles. The van der Waals surface area contributed by atoms with Gasteiger partial charge in [0.05, 0.1) is 12.0 Å². The van der Waals surface area contributed by atoms with Gasteiger partial charge in [0, 0.05) is 31.3 Å². The summed E-state index contributed by atoms with van der Waals surface area (Å²) in [5, 5.41) is 3.36. The van der Waals surface area contributed by atoms with Gasteiger partial charge in [-0.25, -0.2) is 4.98 Å². The molecule has 0 saturated heterocycles. The summed E-state index contributed by atoms with van der Waals surface area (Å²) in [4.78, 5) is 15.8. The number of benzene rings is 1. The highest BCUT2D eigenvalue weighted by atomic mass is 16.1. The molecule has 0 spiro atoms. The van der Waals surface area contributed by atoms with E-state index in [2.05, 4.69) is 17.2 Å². The van der Waals surface area contributed by atoms with Crippen LogP contribution in [0.15, 0.2) is 36.8 Å². The van der Waals surface area contributed by atoms with Crippen LogP contribution in [-0.2, 0) is 13.0 Å². The van der Waals surface area contributed by atoms with E-state index >= 15 is 0 Å². The van der Waals surface area contributed by atoms with Crippen molar-refractivity contribution in [3.63, 3.8) is 0 Å². The van der Waals surface area contributed by atoms with E-state index in [-0.39, 0.29) is 0 Å². The second-order valence-corrected chi connectivity index (χ2v) is 5.06. The molecule has 2 rings (SSSR count). The molecule has 0 radical (unpaired) electrons. The molecule has 112 valence electrons. The number of amides is 1. The third-order valence-electron chi connectivity index (χ3n) is 3.31. The second-order valence-electron chi connectivity index (χ2n) is 5.06. The van der Waals surface area contributed by atoms with Crippen LogP contribution in [0.4, 0.5) is 0 Å². The minimum absolute atomic E-state index is 0.394. The molecule has 5 heteroatoms. The van der Waals surface area contributed by atoms with Gasteiger partial charge in [-0.05, 0) is 24.6 Å². The Hall–Kier alpha value is -2.14. The van der Waals surface area contributed by atoms with Crippen molar-refractivity contribution < 1.29 is 4.79 Å². The van der Waals surface area contributed by atoms with Gasteiger partial charge in [-0.2, -0.15) is 0 Å². The lowest BCUT2D eigenvalue weighted by molar-refractivity contribution is 0.0999. The zero-order chi connectivity index (χ0) is 15.1. The van der Waals surface area contributed by atoms with Crippen LogP contribution in [0.1, 0.15) is 35.0 Å². The van der Waals surface area contributed by atoms with Crippen molar-refractivity contribution in [3.8, 4) is 0 Å². The predicted octanol–water partition coefficient (Wildman–Crippen LogP) is 1.57. The van der Waals surface area contributed by atoms with E-state index in [1.165, 1.54) is 0 Å². The highest BCUT2D eigenvalue weighted by Crippen LogP contribution is 2.10. The molecule has 21 heavy (non-hydrogen) atoms. The zero-order valence-electron chi connectivity index (χ0n) is 12.4. The lowest BCUT2D eigenvalue weighted by Gasteiger charge is -2.06. The van der Waals surface area contributed by atoms with Crippen LogP contribution >= 0.6 is 0 Å². The molecule has 0 aliphatic heterocycles. The van der Waals surface area contributed by atoms with Crippen LogP contribution in [0.2, 0.25) is 0 Å². The maximum atomic E-state index is 11.4. The van der Waals surface area contributed by atoms with Gasteiger partial charge in [0.25, 0.3) is 0 Å². The number of primary amides is 1. The number of hydrogen-bond donors (Lipinski definition) is 2. The molecule has 0 bridgehead atoms. The SMILES string of the molecule is CCCNCCc1cn(Cc2ccccc2C(N)=O)cn1. The minimum atomic E-state index is -0.394. The number of rotatable bonds is 8. The Morgan fingerprint density at radius 2 is 2.14 bits per heavy atom. The van der Waals surface area contributed by atoms with E-state index in [1.807, 2.05) is 29.0 Å². The number of hydrogen-bond acceptors (Lipinski definition) is 3. The standard InChI is InChI=1S/C16H22N4O/c1-2-8-18-9-7-14-11-20(12-19-14)10-13-5-3-4-6-15(13)16(17)21/h3-6,11-12,18H,2,7-10H2,1H3,(H2,17,21). The number of imidazole rings is 1. The first-order chi connectivity index (χ1) is 10.2. The summed E-state index contributed by atoms with van der Waals surface area (Å²) in [6.07, 6.45) is 5.86. The summed E-state index contributed by atoms with van der Waals surface area (Å²) >= 11 is 0. The van der Waals surface area contributed by atoms with E-state index in [9.17, 15) is 4.79 Å². The molecule has 3 N–H and O–H groups in total. The smallest absolute Gasteiger partial charge is 0.249 e. The van der Waals surface area contributed by atoms with Gasteiger partial charge in [0.1, 0.15) is 0 Å². The summed E-state index contributed by atoms with van der Waals surface area (Å²) in [6, 6.07) is 7.41. The Morgan fingerprint density at radius 1 is 1.33 bits per heavy atom. The van der Waals surface area contributed by atoms with Gasteiger partial charge in [-0.15, -0.1) is 0 Å². The summed E-state index contributed by atoms with van der Waals surface area (Å²) in [5.74, 6) is -0.394. The number of nitrogens with one attached hydrogen (secondary N) is 1. The van der Waals surface area contributed by atoms with Crippen LogP contribution in [-0.4, -0.2) is 28.5 Å². The quantitative estimate of drug-likeness (QED) is 0.724. The molecule has 1 aromatic carbocycles. The van der Waals surface area contributed by atoms with Gasteiger partial charge >= 0.3 is 0 Å². The van der Waals surface area contributed by atoms with Crippen molar-refractivity contribution in [1.82, 2.24) is 14.9 Å². The van der Waals surface area contributed by atoms with Crippen LogP contribution in [0, 0.1) is 0 Å². The van der Waals surface area contributed by atoms with Gasteiger partial charge < -0.3 is 15.6 Å². The first-order valence-electron chi connectivity index (χ1n) is 7.29. The van der Waals surface area contributed by atoms with Crippen molar-refractivity contribution >= 4 is 5.91 Å². The van der Waals surface area contributed by atoms with E-state index in [0.717, 1.165) is 37.2 Å². The molecule has 0 saturated carbocycles. The molecule has 2 aromatic rings. The summed E-state index contributed by atoms with van der Waals surface area (Å²) in [6.45, 7) is 4.72. The summed E-state index contributed by atoms with van der Waals surface area (Å²) in [7, 11) is 0. The molecule has 5 nitrogen and oxygen atoms in total. The third-order valence-corrected chi connectivity index (χ3v) is 3.31. The van der Waals surface area contributed by atoms with Crippen molar-refractivity contribution in [2.45, 2.75) is 26.3 Å². The number of carbonyl (C=O) groups excluding carboxylic acids is 1. The Morgan fingerprint density at radius 3 is 2.90 bits per heavy atom. The van der Waals surface area contributed by atoms with Gasteiger partial charge in [0.15, 0.2) is 0 Å². The number of aromatic nitrogens is 2. The maximum absolute atomic E-state index is 11.4. The van der Waals surface area contributed by atoms with Crippen molar-refractivity contribution in [2.24, 2.45) is 5.73 Å². The largest absolute Gasteiger partial charge is 0.366 e. The molecule has 1 heterocycles. The Labute approximate surface area is 125 Å². The fraction of sp³-hybridized carbons (Fsp3) is 0.375. The molecular formula is C16H22N4O. The Kier molecular flexibility index (Phi) is 5.51. The highest BCUT2D eigenvalue weighted by Gasteiger charge is 2.08. The molecular weight excluding hydrogens is 264 g/mol. The minimum Gasteiger partial charge on any atom is -0.366 e. The molecule has 0 unspecified atom stereocenters. The maximum Gasteiger partial charge on any atom is 0.249 e. The molecule has 0 fully saturated rings. The molecule has 0 atom stereocenters. The third kappa shape index (κ3) is 4.43. The number of nitrogens with zero attached hydrogens (tertiary/aromatic N) is 2. The van der Waals surface area contributed by atoms with E-state index < -0.39 is 5.91 Å². The first kappa shape index (κ1) is 15.3. The van der Waals surface area contributed by atoms with Crippen LogP contribution in [0.25, 0.3) is 0 Å². The second kappa shape index (κ2) is 7.59. The van der Waals surface area contributed by atoms with Gasteiger partial charge in [-0.3, -0.25) is 4.79 Å². The Balaban J connectivity index is 1.98. The zero-order valence-corrected chi connectivity index (χ0v) is 12.4. The normalized spacial score (nSPS) is 10.7. The van der Waals surface area contributed by atoms with Crippen LogP contribution in [0.5, 0.6) is 0 Å². The summed E-state index contributed by atoms with van der Waals surface area (Å²) < 4.78 is 1.98. The first-order valence-corrected chi connectivity index (χ1v) is 7.29. The molecule has 1 aromatic heterocycles. The molecule has 0 aliphatic rings. The fourth-order valence-electron chi connectivity index (χ4n) is 2.24. The van der Waals surface area contributed by atoms with E-state index in [1.54, 1.807) is 12.4 Å². The number of carbonyl (C=O) groups is 1.